The second-order valence-electron chi connectivity index (χ2n) is 6.74. The van der Waals surface area contributed by atoms with E-state index in [-0.39, 0.29) is 36.3 Å². The van der Waals surface area contributed by atoms with E-state index in [1.807, 2.05) is 24.3 Å². The van der Waals surface area contributed by atoms with Gasteiger partial charge >= 0.3 is 6.18 Å². The first kappa shape index (κ1) is 20.5. The summed E-state index contributed by atoms with van der Waals surface area (Å²) in [6, 6.07) is 12.3. The van der Waals surface area contributed by atoms with Gasteiger partial charge in [0.15, 0.2) is 0 Å². The first-order valence-electron chi connectivity index (χ1n) is 9.14. The van der Waals surface area contributed by atoms with Gasteiger partial charge in [-0.15, -0.1) is 0 Å². The highest BCUT2D eigenvalue weighted by atomic mass is 19.4. The number of hydrogen-bond donors (Lipinski definition) is 2. The summed E-state index contributed by atoms with van der Waals surface area (Å²) < 4.78 is 38.0. The van der Waals surface area contributed by atoms with Crippen molar-refractivity contribution >= 4 is 17.5 Å². The summed E-state index contributed by atoms with van der Waals surface area (Å²) in [6.45, 7) is 0.0226. The summed E-state index contributed by atoms with van der Waals surface area (Å²) in [4.78, 5) is 24.1. The van der Waals surface area contributed by atoms with Crippen LogP contribution in [0.15, 0.2) is 48.5 Å². The third-order valence-electron chi connectivity index (χ3n) is 4.63. The number of rotatable bonds is 4. The Morgan fingerprint density at radius 1 is 1.17 bits per heavy atom. The third-order valence-corrected chi connectivity index (χ3v) is 4.63. The molecule has 0 aromatic heterocycles. The number of fused-ring (bicyclic) bond motifs is 1. The maximum Gasteiger partial charge on any atom is 0.416 e. The second-order valence-corrected chi connectivity index (χ2v) is 6.74. The number of carbonyl (C=O) groups excluding carboxylic acids is 2. The number of halogens is 3. The Balaban J connectivity index is 1.46. The second kappa shape index (κ2) is 8.82. The highest BCUT2D eigenvalue weighted by Gasteiger charge is 2.30. The molecular weight excluding hydrogens is 381 g/mol. The highest BCUT2D eigenvalue weighted by molar-refractivity contribution is 5.96. The average molecular weight is 400 g/mol. The summed E-state index contributed by atoms with van der Waals surface area (Å²) in [5.41, 5.74) is 1.32. The van der Waals surface area contributed by atoms with Crippen LogP contribution in [0.2, 0.25) is 0 Å². The standard InChI is InChI=1S/C22H19F3N2O2/c23-22(24,25)18-8-3-5-15(13-18)6-4-12-26-20(28)11-10-17-14-16-7-1-2-9-19(16)27-21(17)29/h1-3,5,7-9,13,17H,10-12,14H2,(H,26,28)(H,27,29). The van der Waals surface area contributed by atoms with E-state index in [9.17, 15) is 22.8 Å². The fourth-order valence-electron chi connectivity index (χ4n) is 3.10. The molecule has 0 saturated carbocycles. The van der Waals surface area contributed by atoms with Crippen LogP contribution in [0.1, 0.15) is 29.5 Å². The van der Waals surface area contributed by atoms with Gasteiger partial charge < -0.3 is 10.6 Å². The van der Waals surface area contributed by atoms with Crippen molar-refractivity contribution in [1.82, 2.24) is 5.32 Å². The lowest BCUT2D eigenvalue weighted by atomic mass is 9.89. The maximum atomic E-state index is 12.7. The minimum atomic E-state index is -4.42. The number of para-hydroxylation sites is 1. The largest absolute Gasteiger partial charge is 0.416 e. The van der Waals surface area contributed by atoms with Crippen LogP contribution in [-0.4, -0.2) is 18.4 Å². The predicted octanol–water partition coefficient (Wildman–Crippen LogP) is 3.76. The molecule has 3 rings (SSSR count). The molecule has 0 aliphatic carbocycles. The van der Waals surface area contributed by atoms with Crippen molar-refractivity contribution in [3.05, 3.63) is 65.2 Å². The van der Waals surface area contributed by atoms with E-state index in [0.717, 1.165) is 23.4 Å². The molecule has 0 bridgehead atoms. The zero-order valence-corrected chi connectivity index (χ0v) is 15.5. The molecule has 2 amide bonds. The van der Waals surface area contributed by atoms with E-state index in [1.54, 1.807) is 0 Å². The van der Waals surface area contributed by atoms with Gasteiger partial charge in [-0.1, -0.05) is 36.1 Å². The van der Waals surface area contributed by atoms with E-state index in [2.05, 4.69) is 22.5 Å². The Morgan fingerprint density at radius 2 is 1.97 bits per heavy atom. The van der Waals surface area contributed by atoms with Crippen LogP contribution in [0.4, 0.5) is 18.9 Å². The molecule has 0 saturated heterocycles. The summed E-state index contributed by atoms with van der Waals surface area (Å²) in [5, 5.41) is 5.45. The Hall–Kier alpha value is -3.27. The molecule has 7 heteroatoms. The van der Waals surface area contributed by atoms with E-state index in [1.165, 1.54) is 12.1 Å². The molecule has 2 aromatic carbocycles. The first-order chi connectivity index (χ1) is 13.8. The van der Waals surface area contributed by atoms with Gasteiger partial charge in [0.25, 0.3) is 0 Å². The topological polar surface area (TPSA) is 58.2 Å². The van der Waals surface area contributed by atoms with Crippen LogP contribution in [-0.2, 0) is 22.2 Å². The predicted molar refractivity (Wildman–Crippen MR) is 103 cm³/mol. The summed E-state index contributed by atoms with van der Waals surface area (Å²) in [5.74, 6) is 4.63. The van der Waals surface area contributed by atoms with Gasteiger partial charge in [0, 0.05) is 23.6 Å². The molecule has 29 heavy (non-hydrogen) atoms. The van der Waals surface area contributed by atoms with Crippen LogP contribution in [0.3, 0.4) is 0 Å². The molecule has 1 atom stereocenters. The Bertz CT molecular complexity index is 974. The maximum absolute atomic E-state index is 12.7. The number of benzene rings is 2. The molecule has 0 spiro atoms. The third kappa shape index (κ3) is 5.61. The van der Waals surface area contributed by atoms with Gasteiger partial charge in [0.2, 0.25) is 11.8 Å². The average Bonchev–Trinajstić information content (AvgIpc) is 2.69. The van der Waals surface area contributed by atoms with Gasteiger partial charge in [-0.05, 0) is 42.7 Å². The molecule has 2 aromatic rings. The molecule has 0 radical (unpaired) electrons. The number of nitrogens with one attached hydrogen (secondary N) is 2. The SMILES string of the molecule is O=C(CCC1Cc2ccccc2NC1=O)NCC#Cc1cccc(C(F)(F)F)c1. The van der Waals surface area contributed by atoms with Gasteiger partial charge in [0.05, 0.1) is 12.1 Å². The van der Waals surface area contributed by atoms with Crippen molar-refractivity contribution in [3.63, 3.8) is 0 Å². The minimum Gasteiger partial charge on any atom is -0.345 e. The van der Waals surface area contributed by atoms with Gasteiger partial charge in [-0.2, -0.15) is 13.2 Å². The molecule has 1 aliphatic rings. The fraction of sp³-hybridized carbons (Fsp3) is 0.273. The molecule has 1 unspecified atom stereocenters. The molecule has 1 aliphatic heterocycles. The number of hydrogen-bond acceptors (Lipinski definition) is 2. The van der Waals surface area contributed by atoms with E-state index >= 15 is 0 Å². The van der Waals surface area contributed by atoms with Crippen LogP contribution >= 0.6 is 0 Å². The van der Waals surface area contributed by atoms with Crippen molar-refractivity contribution < 1.29 is 22.8 Å². The molecule has 0 fully saturated rings. The first-order valence-corrected chi connectivity index (χ1v) is 9.14. The van der Waals surface area contributed by atoms with Crippen molar-refractivity contribution in [3.8, 4) is 11.8 Å². The summed E-state index contributed by atoms with van der Waals surface area (Å²) in [7, 11) is 0. The van der Waals surface area contributed by atoms with Crippen molar-refractivity contribution in [2.24, 2.45) is 5.92 Å². The van der Waals surface area contributed by atoms with Crippen molar-refractivity contribution in [1.29, 1.82) is 0 Å². The zero-order chi connectivity index (χ0) is 20.9. The van der Waals surface area contributed by atoms with Gasteiger partial charge in [0.1, 0.15) is 0 Å². The van der Waals surface area contributed by atoms with Gasteiger partial charge in [-0.3, -0.25) is 9.59 Å². The molecule has 150 valence electrons. The molecular formula is C22H19F3N2O2. The minimum absolute atomic E-state index is 0.0226. The Labute approximate surface area is 166 Å². The van der Waals surface area contributed by atoms with Crippen LogP contribution in [0, 0.1) is 17.8 Å². The monoisotopic (exact) mass is 400 g/mol. The van der Waals surface area contributed by atoms with Crippen LogP contribution < -0.4 is 10.6 Å². The fourth-order valence-corrected chi connectivity index (χ4v) is 3.10. The number of alkyl halides is 3. The number of amides is 2. The van der Waals surface area contributed by atoms with E-state index < -0.39 is 11.7 Å². The smallest absolute Gasteiger partial charge is 0.345 e. The lowest BCUT2D eigenvalue weighted by Crippen LogP contribution is -2.31. The number of carbonyl (C=O) groups is 2. The lowest BCUT2D eigenvalue weighted by Gasteiger charge is -2.24. The zero-order valence-electron chi connectivity index (χ0n) is 15.5. The Morgan fingerprint density at radius 3 is 2.76 bits per heavy atom. The summed E-state index contributed by atoms with van der Waals surface area (Å²) in [6.07, 6.45) is -3.25. The quantitative estimate of drug-likeness (QED) is 0.768. The highest BCUT2D eigenvalue weighted by Crippen LogP contribution is 2.29. The molecule has 1 heterocycles. The Kier molecular flexibility index (Phi) is 6.23. The van der Waals surface area contributed by atoms with Crippen molar-refractivity contribution in [2.45, 2.75) is 25.4 Å². The summed E-state index contributed by atoms with van der Waals surface area (Å²) >= 11 is 0. The van der Waals surface area contributed by atoms with Crippen LogP contribution in [0.5, 0.6) is 0 Å². The van der Waals surface area contributed by atoms with E-state index in [4.69, 9.17) is 0 Å². The van der Waals surface area contributed by atoms with Crippen molar-refractivity contribution in [2.75, 3.05) is 11.9 Å². The molecule has 2 N–H and O–H groups in total. The molecule has 4 nitrogen and oxygen atoms in total. The van der Waals surface area contributed by atoms with Crippen LogP contribution in [0.25, 0.3) is 0 Å². The van der Waals surface area contributed by atoms with E-state index in [0.29, 0.717) is 12.8 Å². The lowest BCUT2D eigenvalue weighted by molar-refractivity contribution is -0.137. The number of anilines is 1. The normalized spacial score (nSPS) is 15.6. The van der Waals surface area contributed by atoms with Gasteiger partial charge in [-0.25, -0.2) is 0 Å².